The van der Waals surface area contributed by atoms with Gasteiger partial charge < -0.3 is 29.3 Å². The van der Waals surface area contributed by atoms with Gasteiger partial charge in [-0.1, -0.05) is 30.2 Å². The standard InChI is InChI=1S/C40H39F5N6O5.C3H9N/c1-3-27-29(41)10-9-22-7-5-8-28(30(22)27)33-32(42)34-31(37(47-33)55-4-2)36(50-17-24-15-23(16-25(18-50)46-24)35(53)40(43,44)45)49-38(48-34)56-20-39-12-6-14-51(39)26(11-13-39)19-54-21-52;1-4(2)3/h1,5,7-10,21,23-26,46H,4,6,11-20H2,2H3;1-3H3/t23?,24?,25?,26-,39?;/m1./s1. The van der Waals surface area contributed by atoms with Crippen LogP contribution in [0.15, 0.2) is 30.3 Å². The van der Waals surface area contributed by atoms with Gasteiger partial charge in [-0.05, 0) is 84.6 Å². The van der Waals surface area contributed by atoms with Crippen LogP contribution in [-0.2, 0) is 14.3 Å². The topological polar surface area (TPSA) is 122 Å². The van der Waals surface area contributed by atoms with E-state index in [1.165, 1.54) is 6.07 Å². The van der Waals surface area contributed by atoms with E-state index in [1.54, 1.807) is 31.2 Å². The van der Waals surface area contributed by atoms with Crippen molar-refractivity contribution < 1.29 is 45.8 Å². The highest BCUT2D eigenvalue weighted by Gasteiger charge is 2.51. The molecule has 1 N–H and O–H groups in total. The van der Waals surface area contributed by atoms with Crippen LogP contribution in [0.2, 0.25) is 0 Å². The van der Waals surface area contributed by atoms with Gasteiger partial charge >= 0.3 is 12.2 Å². The molecule has 0 amide bonds. The number of fused-ring (bicyclic) bond motifs is 5. The van der Waals surface area contributed by atoms with E-state index in [2.05, 4.69) is 26.1 Å². The Balaban J connectivity index is 0.00000130. The molecule has 2 aromatic heterocycles. The van der Waals surface area contributed by atoms with Gasteiger partial charge in [-0.2, -0.15) is 23.1 Å². The van der Waals surface area contributed by atoms with Crippen LogP contribution in [0, 0.1) is 29.9 Å². The number of nitrogens with one attached hydrogen (secondary N) is 1. The molecular formula is C43H48F5N7O5. The smallest absolute Gasteiger partial charge is 0.450 e. The first-order valence-corrected chi connectivity index (χ1v) is 20.1. The van der Waals surface area contributed by atoms with Gasteiger partial charge in [-0.15, -0.1) is 6.42 Å². The molecular weight excluding hydrogens is 790 g/mol. The lowest BCUT2D eigenvalue weighted by Crippen LogP contribution is -2.62. The lowest BCUT2D eigenvalue weighted by atomic mass is 9.82. The average molecular weight is 838 g/mol. The number of carbonyl (C=O) groups excluding carboxylic acids is 2. The van der Waals surface area contributed by atoms with Gasteiger partial charge in [0.05, 0.1) is 17.7 Å². The summed E-state index contributed by atoms with van der Waals surface area (Å²) >= 11 is 0. The molecule has 2 bridgehead atoms. The maximum atomic E-state index is 17.3. The number of benzene rings is 2. The Hall–Kier alpha value is -5.18. The first-order valence-electron chi connectivity index (χ1n) is 20.1. The number of rotatable bonds is 11. The number of hydrogen-bond donors (Lipinski definition) is 1. The molecule has 8 rings (SSSR count). The van der Waals surface area contributed by atoms with E-state index in [1.807, 2.05) is 30.9 Å². The number of carbonyl (C=O) groups is 2. The first kappa shape index (κ1) is 42.9. The average Bonchev–Trinajstić information content (AvgIpc) is 3.78. The Bertz CT molecular complexity index is 2290. The van der Waals surface area contributed by atoms with Crippen molar-refractivity contribution in [2.45, 2.75) is 75.3 Å². The number of pyridine rings is 1. The quantitative estimate of drug-likeness (QED) is 0.110. The maximum absolute atomic E-state index is 17.3. The van der Waals surface area contributed by atoms with E-state index < -0.39 is 47.1 Å². The number of aromatic nitrogens is 3. The summed E-state index contributed by atoms with van der Waals surface area (Å²) < 4.78 is 90.3. The number of anilines is 1. The van der Waals surface area contributed by atoms with Crippen LogP contribution < -0.4 is 19.7 Å². The summed E-state index contributed by atoms with van der Waals surface area (Å²) in [6.07, 6.45) is 3.99. The molecule has 0 aliphatic carbocycles. The summed E-state index contributed by atoms with van der Waals surface area (Å²) in [4.78, 5) is 43.5. The number of alkyl halides is 3. The monoisotopic (exact) mass is 837 g/mol. The first-order chi connectivity index (χ1) is 28.7. The van der Waals surface area contributed by atoms with Gasteiger partial charge in [0.15, 0.2) is 5.82 Å². The highest BCUT2D eigenvalue weighted by molar-refractivity contribution is 6.03. The molecule has 4 aromatic rings. The molecule has 17 heteroatoms. The van der Waals surface area contributed by atoms with E-state index in [4.69, 9.17) is 25.6 Å². The number of piperidine rings is 1. The van der Waals surface area contributed by atoms with Gasteiger partial charge in [0, 0.05) is 48.1 Å². The highest BCUT2D eigenvalue weighted by Crippen LogP contribution is 2.45. The van der Waals surface area contributed by atoms with Crippen LogP contribution in [0.25, 0.3) is 32.9 Å². The van der Waals surface area contributed by atoms with E-state index in [9.17, 15) is 22.8 Å². The third-order valence-corrected chi connectivity index (χ3v) is 11.7. The van der Waals surface area contributed by atoms with Crippen LogP contribution in [-0.4, -0.2) is 127 Å². The largest absolute Gasteiger partial charge is 0.477 e. The SMILES string of the molecule is C#Cc1c(F)ccc2cccc(-c3nc(OCC)c4c(N5CC6CC(C(=O)C(F)(F)F)CC(C5)N6)nc(OCC56CCCN5[C@@H](COC=O)CC6)nc4c3F)c12.CN(C)C. The second-order valence-electron chi connectivity index (χ2n) is 16.3. The fraction of sp³-hybridized carbons (Fsp3) is 0.512. The van der Waals surface area contributed by atoms with E-state index in [-0.39, 0.29) is 103 Å². The number of halogens is 5. The molecule has 4 fully saturated rings. The number of Topliss-reactive ketones (excluding diaryl/α,β-unsaturated/α-hetero) is 1. The fourth-order valence-corrected chi connectivity index (χ4v) is 9.38. The van der Waals surface area contributed by atoms with Crippen molar-refractivity contribution >= 4 is 39.7 Å². The number of terminal acetylenes is 1. The van der Waals surface area contributed by atoms with E-state index in [0.29, 0.717) is 11.9 Å². The van der Waals surface area contributed by atoms with Gasteiger partial charge in [-0.25, -0.2) is 13.8 Å². The molecule has 4 atom stereocenters. The van der Waals surface area contributed by atoms with Gasteiger partial charge in [0.25, 0.3) is 6.47 Å². The zero-order valence-electron chi connectivity index (χ0n) is 34.0. The van der Waals surface area contributed by atoms with Gasteiger partial charge in [-0.3, -0.25) is 14.5 Å². The predicted octanol–water partition coefficient (Wildman–Crippen LogP) is 5.92. The van der Waals surface area contributed by atoms with Gasteiger partial charge in [0.1, 0.15) is 41.4 Å². The Morgan fingerprint density at radius 3 is 2.45 bits per heavy atom. The molecule has 3 unspecified atom stereocenters. The summed E-state index contributed by atoms with van der Waals surface area (Å²) in [5.41, 5.74) is -0.617. The summed E-state index contributed by atoms with van der Waals surface area (Å²) in [7, 11) is 6.00. The molecule has 2 aromatic carbocycles. The number of ketones is 1. The summed E-state index contributed by atoms with van der Waals surface area (Å²) in [6, 6.07) is 6.65. The molecule has 0 spiro atoms. The minimum Gasteiger partial charge on any atom is -0.477 e. The zero-order valence-corrected chi connectivity index (χ0v) is 34.0. The van der Waals surface area contributed by atoms with Crippen molar-refractivity contribution in [3.05, 3.63) is 47.5 Å². The van der Waals surface area contributed by atoms with Crippen LogP contribution in [0.1, 0.15) is 51.0 Å². The fourth-order valence-electron chi connectivity index (χ4n) is 9.38. The number of hydrogen-bond acceptors (Lipinski definition) is 12. The Kier molecular flexibility index (Phi) is 12.5. The number of nitrogens with zero attached hydrogens (tertiary/aromatic N) is 6. The van der Waals surface area contributed by atoms with E-state index >= 15 is 8.78 Å². The third-order valence-electron chi connectivity index (χ3n) is 11.7. The summed E-state index contributed by atoms with van der Waals surface area (Å²) in [6.45, 7) is 3.77. The van der Waals surface area contributed by atoms with Crippen molar-refractivity contribution in [1.29, 1.82) is 0 Å². The summed E-state index contributed by atoms with van der Waals surface area (Å²) in [5.74, 6) is -1.86. The van der Waals surface area contributed by atoms with Crippen molar-refractivity contribution in [2.75, 3.05) is 65.5 Å². The van der Waals surface area contributed by atoms with Crippen LogP contribution in [0.5, 0.6) is 11.9 Å². The lowest BCUT2D eigenvalue weighted by molar-refractivity contribution is -0.177. The molecule has 4 aliphatic heterocycles. The Labute approximate surface area is 344 Å². The van der Waals surface area contributed by atoms with Crippen molar-refractivity contribution in [1.82, 2.24) is 30.1 Å². The lowest BCUT2D eigenvalue weighted by Gasteiger charge is -2.45. The van der Waals surface area contributed by atoms with Crippen molar-refractivity contribution in [2.24, 2.45) is 5.92 Å². The van der Waals surface area contributed by atoms with Gasteiger partial charge in [0.2, 0.25) is 11.7 Å². The molecule has 6 heterocycles. The van der Waals surface area contributed by atoms with Crippen LogP contribution in [0.3, 0.4) is 0 Å². The van der Waals surface area contributed by atoms with E-state index in [0.717, 1.165) is 32.2 Å². The minimum absolute atomic E-state index is 0.0145. The number of piperazine rings is 1. The molecule has 0 saturated carbocycles. The van der Waals surface area contributed by atoms with Crippen molar-refractivity contribution in [3.8, 4) is 35.5 Å². The van der Waals surface area contributed by atoms with Crippen molar-refractivity contribution in [3.63, 3.8) is 0 Å². The maximum Gasteiger partial charge on any atom is 0.450 e. The normalized spacial score (nSPS) is 23.9. The zero-order chi connectivity index (χ0) is 42.9. The molecule has 4 aliphatic rings. The number of ether oxygens (including phenoxy) is 3. The highest BCUT2D eigenvalue weighted by atomic mass is 19.4. The second-order valence-corrected chi connectivity index (χ2v) is 16.3. The second kappa shape index (κ2) is 17.4. The molecule has 12 nitrogen and oxygen atoms in total. The van der Waals surface area contributed by atoms with Crippen LogP contribution >= 0.6 is 0 Å². The summed E-state index contributed by atoms with van der Waals surface area (Å²) in [5, 5.41) is 4.30. The Morgan fingerprint density at radius 1 is 1.05 bits per heavy atom. The Morgan fingerprint density at radius 2 is 1.78 bits per heavy atom. The molecule has 0 radical (unpaired) electrons. The predicted molar refractivity (Wildman–Crippen MR) is 215 cm³/mol. The molecule has 4 saturated heterocycles. The molecule has 60 heavy (non-hydrogen) atoms. The third kappa shape index (κ3) is 8.42. The van der Waals surface area contributed by atoms with Crippen LogP contribution in [0.4, 0.5) is 27.8 Å². The molecule has 320 valence electrons. The minimum atomic E-state index is -4.94.